The number of aromatic nitrogens is 2. The summed E-state index contributed by atoms with van der Waals surface area (Å²) in [6.45, 7) is 3.13. The van der Waals surface area contributed by atoms with Gasteiger partial charge in [0.2, 0.25) is 0 Å². The molecule has 0 spiro atoms. The van der Waals surface area contributed by atoms with Gasteiger partial charge in [-0.3, -0.25) is 9.58 Å². The molecule has 5 heteroatoms. The van der Waals surface area contributed by atoms with Gasteiger partial charge in [-0.2, -0.15) is 5.10 Å². The van der Waals surface area contributed by atoms with Gasteiger partial charge in [-0.25, -0.2) is 4.39 Å². The molecule has 0 radical (unpaired) electrons. The second kappa shape index (κ2) is 6.15. The lowest BCUT2D eigenvalue weighted by Gasteiger charge is -2.26. The standard InChI is InChI=1S/C15H21FN4/c1-11-14(10-20(3)18-11)15(8-17)19(2)9-12-5-4-6-13(16)7-12/h4-7,10,15H,8-9,17H2,1-3H3. The molecule has 0 aliphatic rings. The first-order valence-electron chi connectivity index (χ1n) is 6.66. The Hall–Kier alpha value is -1.72. The summed E-state index contributed by atoms with van der Waals surface area (Å²) in [6, 6.07) is 6.73. The first-order chi connectivity index (χ1) is 9.51. The zero-order valence-corrected chi connectivity index (χ0v) is 12.2. The summed E-state index contributed by atoms with van der Waals surface area (Å²) in [5.74, 6) is -0.210. The van der Waals surface area contributed by atoms with Crippen molar-refractivity contribution in [2.45, 2.75) is 19.5 Å². The van der Waals surface area contributed by atoms with Crippen molar-refractivity contribution in [2.75, 3.05) is 13.6 Å². The van der Waals surface area contributed by atoms with Gasteiger partial charge in [0, 0.05) is 31.9 Å². The summed E-state index contributed by atoms with van der Waals surface area (Å²) in [6.07, 6.45) is 1.99. The molecule has 0 aliphatic carbocycles. The number of likely N-dealkylation sites (N-methyl/N-ethyl adjacent to an activating group) is 1. The lowest BCUT2D eigenvalue weighted by atomic mass is 10.1. The van der Waals surface area contributed by atoms with Crippen LogP contribution in [0.15, 0.2) is 30.5 Å². The summed E-state index contributed by atoms with van der Waals surface area (Å²) in [5, 5.41) is 4.36. The van der Waals surface area contributed by atoms with Crippen LogP contribution in [0.4, 0.5) is 4.39 Å². The quantitative estimate of drug-likeness (QED) is 0.908. The predicted molar refractivity (Wildman–Crippen MR) is 77.6 cm³/mol. The van der Waals surface area contributed by atoms with Crippen molar-refractivity contribution in [3.8, 4) is 0 Å². The largest absolute Gasteiger partial charge is 0.329 e. The van der Waals surface area contributed by atoms with E-state index >= 15 is 0 Å². The molecule has 2 aromatic rings. The molecule has 4 nitrogen and oxygen atoms in total. The molecular formula is C15H21FN4. The Morgan fingerprint density at radius 1 is 1.45 bits per heavy atom. The predicted octanol–water partition coefficient (Wildman–Crippen LogP) is 2.00. The minimum Gasteiger partial charge on any atom is -0.329 e. The number of halogens is 1. The molecule has 0 saturated carbocycles. The highest BCUT2D eigenvalue weighted by Crippen LogP contribution is 2.22. The Kier molecular flexibility index (Phi) is 4.52. The number of hydrogen-bond donors (Lipinski definition) is 1. The summed E-state index contributed by atoms with van der Waals surface area (Å²) < 4.78 is 15.0. The molecule has 1 aromatic heterocycles. The monoisotopic (exact) mass is 276 g/mol. The molecule has 2 N–H and O–H groups in total. The van der Waals surface area contributed by atoms with Crippen molar-refractivity contribution in [3.05, 3.63) is 53.1 Å². The minimum absolute atomic E-state index is 0.0759. The number of benzene rings is 1. The molecule has 1 aromatic carbocycles. The Labute approximate surface area is 119 Å². The van der Waals surface area contributed by atoms with Crippen LogP contribution in [0.2, 0.25) is 0 Å². The fourth-order valence-electron chi connectivity index (χ4n) is 2.52. The Morgan fingerprint density at radius 2 is 2.20 bits per heavy atom. The number of rotatable bonds is 5. The van der Waals surface area contributed by atoms with Gasteiger partial charge in [-0.1, -0.05) is 12.1 Å². The third kappa shape index (κ3) is 3.23. The first kappa shape index (κ1) is 14.7. The van der Waals surface area contributed by atoms with E-state index in [1.54, 1.807) is 16.8 Å². The highest BCUT2D eigenvalue weighted by molar-refractivity contribution is 5.22. The summed E-state index contributed by atoms with van der Waals surface area (Å²) in [7, 11) is 3.89. The molecular weight excluding hydrogens is 255 g/mol. The van der Waals surface area contributed by atoms with Gasteiger partial charge in [0.25, 0.3) is 0 Å². The molecule has 1 heterocycles. The Balaban J connectivity index is 2.17. The summed E-state index contributed by atoms with van der Waals surface area (Å²) >= 11 is 0. The van der Waals surface area contributed by atoms with E-state index in [4.69, 9.17) is 5.73 Å². The second-order valence-electron chi connectivity index (χ2n) is 5.14. The van der Waals surface area contributed by atoms with Gasteiger partial charge < -0.3 is 5.73 Å². The smallest absolute Gasteiger partial charge is 0.123 e. The zero-order valence-electron chi connectivity index (χ0n) is 12.2. The summed E-state index contributed by atoms with van der Waals surface area (Å²) in [4.78, 5) is 2.12. The molecule has 0 saturated heterocycles. The molecule has 0 bridgehead atoms. The topological polar surface area (TPSA) is 47.1 Å². The van der Waals surface area contributed by atoms with E-state index in [1.807, 2.05) is 33.3 Å². The molecule has 1 unspecified atom stereocenters. The van der Waals surface area contributed by atoms with Crippen molar-refractivity contribution in [2.24, 2.45) is 12.8 Å². The van der Waals surface area contributed by atoms with Crippen LogP contribution in [0.1, 0.15) is 22.9 Å². The van der Waals surface area contributed by atoms with Crippen LogP contribution < -0.4 is 5.73 Å². The van der Waals surface area contributed by atoms with Crippen molar-refractivity contribution in [1.82, 2.24) is 14.7 Å². The maximum atomic E-state index is 13.2. The van der Waals surface area contributed by atoms with Crippen LogP contribution in [-0.2, 0) is 13.6 Å². The van der Waals surface area contributed by atoms with E-state index in [-0.39, 0.29) is 11.9 Å². The third-order valence-corrected chi connectivity index (χ3v) is 3.49. The lowest BCUT2D eigenvalue weighted by Crippen LogP contribution is -2.30. The average Bonchev–Trinajstić information content (AvgIpc) is 2.69. The number of aryl methyl sites for hydroxylation is 2. The van der Waals surface area contributed by atoms with Gasteiger partial charge in [0.05, 0.1) is 11.7 Å². The fourth-order valence-corrected chi connectivity index (χ4v) is 2.52. The maximum absolute atomic E-state index is 13.2. The van der Waals surface area contributed by atoms with E-state index in [0.29, 0.717) is 13.1 Å². The maximum Gasteiger partial charge on any atom is 0.123 e. The molecule has 20 heavy (non-hydrogen) atoms. The van der Waals surface area contributed by atoms with Crippen molar-refractivity contribution in [3.63, 3.8) is 0 Å². The second-order valence-corrected chi connectivity index (χ2v) is 5.14. The molecule has 0 fully saturated rings. The van der Waals surface area contributed by atoms with Crippen LogP contribution in [0.5, 0.6) is 0 Å². The Bertz CT molecular complexity index is 579. The van der Waals surface area contributed by atoms with E-state index in [1.165, 1.54) is 6.07 Å². The van der Waals surface area contributed by atoms with E-state index in [9.17, 15) is 4.39 Å². The molecule has 108 valence electrons. The highest BCUT2D eigenvalue weighted by atomic mass is 19.1. The van der Waals surface area contributed by atoms with Gasteiger partial charge in [0.15, 0.2) is 0 Å². The molecule has 2 rings (SSSR count). The van der Waals surface area contributed by atoms with Gasteiger partial charge in [0.1, 0.15) is 5.82 Å². The third-order valence-electron chi connectivity index (χ3n) is 3.49. The molecule has 0 aliphatic heterocycles. The van der Waals surface area contributed by atoms with Crippen LogP contribution in [0.25, 0.3) is 0 Å². The first-order valence-corrected chi connectivity index (χ1v) is 6.66. The number of hydrogen-bond acceptors (Lipinski definition) is 3. The molecule has 1 atom stereocenters. The van der Waals surface area contributed by atoms with E-state index in [0.717, 1.165) is 16.8 Å². The van der Waals surface area contributed by atoms with Crippen molar-refractivity contribution in [1.29, 1.82) is 0 Å². The van der Waals surface area contributed by atoms with Crippen LogP contribution in [0, 0.1) is 12.7 Å². The average molecular weight is 276 g/mol. The highest BCUT2D eigenvalue weighted by Gasteiger charge is 2.19. The van der Waals surface area contributed by atoms with Gasteiger partial charge in [-0.05, 0) is 31.7 Å². The molecule has 0 amide bonds. The van der Waals surface area contributed by atoms with E-state index < -0.39 is 0 Å². The van der Waals surface area contributed by atoms with E-state index in [2.05, 4.69) is 10.00 Å². The zero-order chi connectivity index (χ0) is 14.7. The van der Waals surface area contributed by atoms with Crippen LogP contribution in [0.3, 0.4) is 0 Å². The fraction of sp³-hybridized carbons (Fsp3) is 0.400. The van der Waals surface area contributed by atoms with Crippen LogP contribution >= 0.6 is 0 Å². The normalized spacial score (nSPS) is 12.9. The van der Waals surface area contributed by atoms with Crippen LogP contribution in [-0.4, -0.2) is 28.3 Å². The van der Waals surface area contributed by atoms with Gasteiger partial charge >= 0.3 is 0 Å². The Morgan fingerprint density at radius 3 is 2.75 bits per heavy atom. The number of nitrogens with two attached hydrogens (primary N) is 1. The minimum atomic E-state index is -0.210. The van der Waals surface area contributed by atoms with Gasteiger partial charge in [-0.15, -0.1) is 0 Å². The van der Waals surface area contributed by atoms with Crippen molar-refractivity contribution >= 4 is 0 Å². The summed E-state index contributed by atoms with van der Waals surface area (Å²) in [5.41, 5.74) is 8.95. The lowest BCUT2D eigenvalue weighted by molar-refractivity contribution is 0.241. The van der Waals surface area contributed by atoms with Crippen molar-refractivity contribution < 1.29 is 4.39 Å². The SMILES string of the molecule is Cc1nn(C)cc1C(CN)N(C)Cc1cccc(F)c1. The number of nitrogens with zero attached hydrogens (tertiary/aromatic N) is 3.